The number of hydroxylamine groups is 4. The smallest absolute Gasteiger partial charge is 0.262 e. The Balaban J connectivity index is 2.01. The van der Waals surface area contributed by atoms with E-state index in [9.17, 15) is 9.59 Å². The monoisotopic (exact) mass is 396 g/mol. The van der Waals surface area contributed by atoms with E-state index in [0.29, 0.717) is 36.5 Å². The van der Waals surface area contributed by atoms with Crippen LogP contribution in [0.1, 0.15) is 35.4 Å². The van der Waals surface area contributed by atoms with Gasteiger partial charge in [-0.25, -0.2) is 9.90 Å². The van der Waals surface area contributed by atoms with Crippen molar-refractivity contribution in [3.63, 3.8) is 0 Å². The molecule has 0 N–H and O–H groups in total. The quantitative estimate of drug-likeness (QED) is 0.562. The number of piperidine rings is 1. The van der Waals surface area contributed by atoms with Crippen molar-refractivity contribution < 1.29 is 24.0 Å². The summed E-state index contributed by atoms with van der Waals surface area (Å²) >= 11 is 6.42. The van der Waals surface area contributed by atoms with Gasteiger partial charge in [-0.15, -0.1) is 0 Å². The lowest BCUT2D eigenvalue weighted by atomic mass is 9.80. The summed E-state index contributed by atoms with van der Waals surface area (Å²) in [6.45, 7) is 4.82. The van der Waals surface area contributed by atoms with Crippen molar-refractivity contribution in [3.05, 3.63) is 33.8 Å². The first-order chi connectivity index (χ1) is 12.9. The van der Waals surface area contributed by atoms with Crippen LogP contribution >= 0.6 is 11.6 Å². The van der Waals surface area contributed by atoms with Gasteiger partial charge in [-0.05, 0) is 49.4 Å². The lowest BCUT2D eigenvalue weighted by molar-refractivity contribution is -0.256. The fraction of sp³-hybridized carbons (Fsp3) is 0.579. The Morgan fingerprint density at radius 2 is 1.78 bits per heavy atom. The largest absolute Gasteiger partial charge is 0.356 e. The molecule has 2 aliphatic rings. The standard InChI is InChI=1S/C19H25ClN2O5/c1-12-9-14(15(20)10-13(12)2)16-17(23)19(5-7-21(26-4)8-6-19)22(18(16)24)27-11-25-3/h9-10,16H,5-8,11H2,1-4H3. The highest BCUT2D eigenvalue weighted by Gasteiger charge is 2.61. The topological polar surface area (TPSA) is 68.3 Å². The van der Waals surface area contributed by atoms with Crippen LogP contribution in [0.2, 0.25) is 5.02 Å². The summed E-state index contributed by atoms with van der Waals surface area (Å²) in [7, 11) is 3.07. The first kappa shape index (κ1) is 20.2. The molecule has 7 nitrogen and oxygen atoms in total. The highest BCUT2D eigenvalue weighted by molar-refractivity contribution is 6.32. The van der Waals surface area contributed by atoms with Crippen LogP contribution in [-0.2, 0) is 24.0 Å². The molecule has 148 valence electrons. The lowest BCUT2D eigenvalue weighted by Gasteiger charge is -2.41. The van der Waals surface area contributed by atoms with Crippen LogP contribution < -0.4 is 0 Å². The molecule has 0 saturated carbocycles. The third kappa shape index (κ3) is 3.39. The molecule has 0 radical (unpaired) electrons. The van der Waals surface area contributed by atoms with Gasteiger partial charge in [0.05, 0.1) is 7.11 Å². The highest BCUT2D eigenvalue weighted by Crippen LogP contribution is 2.45. The van der Waals surface area contributed by atoms with Gasteiger partial charge in [0.2, 0.25) is 0 Å². The van der Waals surface area contributed by atoms with Crippen molar-refractivity contribution in [2.24, 2.45) is 0 Å². The molecule has 3 rings (SSSR count). The summed E-state index contributed by atoms with van der Waals surface area (Å²) in [6, 6.07) is 3.63. The molecule has 27 heavy (non-hydrogen) atoms. The Morgan fingerprint density at radius 1 is 1.15 bits per heavy atom. The third-order valence-corrected chi connectivity index (χ3v) is 5.92. The van der Waals surface area contributed by atoms with Gasteiger partial charge >= 0.3 is 0 Å². The van der Waals surface area contributed by atoms with Crippen LogP contribution in [0.15, 0.2) is 12.1 Å². The van der Waals surface area contributed by atoms with Gasteiger partial charge in [0.25, 0.3) is 5.91 Å². The Morgan fingerprint density at radius 3 is 2.37 bits per heavy atom. The van der Waals surface area contributed by atoms with Gasteiger partial charge in [-0.2, -0.15) is 5.06 Å². The Labute approximate surface area is 164 Å². The maximum Gasteiger partial charge on any atom is 0.262 e. The van der Waals surface area contributed by atoms with Crippen molar-refractivity contribution in [3.8, 4) is 0 Å². The number of aryl methyl sites for hydroxylation is 2. The number of carbonyl (C=O) groups is 2. The molecule has 0 bridgehead atoms. The molecule has 1 aromatic carbocycles. The predicted octanol–water partition coefficient (Wildman–Crippen LogP) is 2.38. The zero-order valence-corrected chi connectivity index (χ0v) is 16.8. The van der Waals surface area contributed by atoms with Gasteiger partial charge in [0.1, 0.15) is 11.5 Å². The Hall–Kier alpha value is -1.51. The molecule has 1 amide bonds. The molecular formula is C19H25ClN2O5. The molecular weight excluding hydrogens is 372 g/mol. The molecule has 2 aliphatic heterocycles. The van der Waals surface area contributed by atoms with E-state index in [4.69, 9.17) is 26.0 Å². The number of hydrogen-bond donors (Lipinski definition) is 0. The van der Waals surface area contributed by atoms with E-state index in [1.54, 1.807) is 18.2 Å². The molecule has 2 heterocycles. The molecule has 1 aromatic rings. The number of hydrogen-bond acceptors (Lipinski definition) is 6. The molecule has 0 aromatic heterocycles. The van der Waals surface area contributed by atoms with Crippen LogP contribution in [0.25, 0.3) is 0 Å². The van der Waals surface area contributed by atoms with Crippen molar-refractivity contribution in [1.82, 2.24) is 10.1 Å². The van der Waals surface area contributed by atoms with Gasteiger partial charge in [0.15, 0.2) is 12.6 Å². The van der Waals surface area contributed by atoms with Crippen LogP contribution in [0.5, 0.6) is 0 Å². The van der Waals surface area contributed by atoms with E-state index in [-0.39, 0.29) is 12.6 Å². The van der Waals surface area contributed by atoms with Crippen LogP contribution in [0.3, 0.4) is 0 Å². The number of ether oxygens (including phenoxy) is 1. The summed E-state index contributed by atoms with van der Waals surface area (Å²) in [5.41, 5.74) is 1.50. The Bertz CT molecular complexity index is 746. The zero-order valence-electron chi connectivity index (χ0n) is 16.1. The minimum atomic E-state index is -1.03. The number of ketones is 1. The van der Waals surface area contributed by atoms with Gasteiger partial charge in [0, 0.05) is 25.2 Å². The van der Waals surface area contributed by atoms with Crippen molar-refractivity contribution in [1.29, 1.82) is 0 Å². The molecule has 1 spiro atoms. The summed E-state index contributed by atoms with van der Waals surface area (Å²) in [5.74, 6) is -1.54. The van der Waals surface area contributed by atoms with E-state index in [1.165, 1.54) is 12.2 Å². The molecule has 1 unspecified atom stereocenters. The highest BCUT2D eigenvalue weighted by atomic mass is 35.5. The fourth-order valence-electron chi connectivity index (χ4n) is 3.89. The van der Waals surface area contributed by atoms with Crippen LogP contribution in [0, 0.1) is 13.8 Å². The second-order valence-electron chi connectivity index (χ2n) is 7.07. The minimum Gasteiger partial charge on any atom is -0.356 e. The van der Waals surface area contributed by atoms with E-state index in [1.807, 2.05) is 19.9 Å². The normalized spacial score (nSPS) is 22.9. The molecule has 0 aliphatic carbocycles. The SMILES string of the molecule is COCON1C(=O)C(c2cc(C)c(C)cc2Cl)C(=O)C12CCN(OC)CC2. The second kappa shape index (κ2) is 7.85. The van der Waals surface area contributed by atoms with E-state index < -0.39 is 17.4 Å². The fourth-order valence-corrected chi connectivity index (χ4v) is 4.22. The number of nitrogens with zero attached hydrogens (tertiary/aromatic N) is 2. The van der Waals surface area contributed by atoms with E-state index in [0.717, 1.165) is 11.1 Å². The van der Waals surface area contributed by atoms with Crippen molar-refractivity contribution >= 4 is 23.3 Å². The van der Waals surface area contributed by atoms with E-state index in [2.05, 4.69) is 0 Å². The number of methoxy groups -OCH3 is 1. The average Bonchev–Trinajstić information content (AvgIpc) is 2.84. The van der Waals surface area contributed by atoms with E-state index >= 15 is 0 Å². The molecule has 2 saturated heterocycles. The summed E-state index contributed by atoms with van der Waals surface area (Å²) in [5, 5.41) is 3.42. The number of rotatable bonds is 5. The first-order valence-corrected chi connectivity index (χ1v) is 9.29. The molecule has 8 heteroatoms. The van der Waals surface area contributed by atoms with Crippen molar-refractivity contribution in [2.45, 2.75) is 38.1 Å². The lowest BCUT2D eigenvalue weighted by Crippen LogP contribution is -2.56. The second-order valence-corrected chi connectivity index (χ2v) is 7.47. The van der Waals surface area contributed by atoms with Gasteiger partial charge in [-0.1, -0.05) is 17.7 Å². The minimum absolute atomic E-state index is 0.109. The Kier molecular flexibility index (Phi) is 5.88. The maximum absolute atomic E-state index is 13.5. The molecule has 2 fully saturated rings. The average molecular weight is 397 g/mol. The van der Waals surface area contributed by atoms with Gasteiger partial charge < -0.3 is 9.57 Å². The number of halogens is 1. The molecule has 1 atom stereocenters. The van der Waals surface area contributed by atoms with Gasteiger partial charge in [-0.3, -0.25) is 9.59 Å². The summed E-state index contributed by atoms with van der Waals surface area (Å²) in [6.07, 6.45) is 0.849. The summed E-state index contributed by atoms with van der Waals surface area (Å²) in [4.78, 5) is 37.6. The maximum atomic E-state index is 13.5. The van der Waals surface area contributed by atoms with Crippen LogP contribution in [0.4, 0.5) is 0 Å². The summed E-state index contributed by atoms with van der Waals surface area (Å²) < 4.78 is 4.97. The zero-order chi connectivity index (χ0) is 19.8. The number of amides is 1. The number of carbonyl (C=O) groups excluding carboxylic acids is 2. The predicted molar refractivity (Wildman–Crippen MR) is 99.0 cm³/mol. The van der Waals surface area contributed by atoms with Crippen LogP contribution in [-0.4, -0.2) is 61.5 Å². The number of benzene rings is 1. The number of Topliss-reactive ketones (excluding diaryl/α,β-unsaturated/α-hetero) is 1. The first-order valence-electron chi connectivity index (χ1n) is 8.91. The van der Waals surface area contributed by atoms with Crippen molar-refractivity contribution in [2.75, 3.05) is 34.1 Å². The third-order valence-electron chi connectivity index (χ3n) is 5.59.